The Morgan fingerprint density at radius 3 is 2.46 bits per heavy atom. The summed E-state index contributed by atoms with van der Waals surface area (Å²) in [4.78, 5) is 0. The second-order valence-corrected chi connectivity index (χ2v) is 5.96. The van der Waals surface area contributed by atoms with E-state index in [-0.39, 0.29) is 0 Å². The van der Waals surface area contributed by atoms with E-state index in [0.29, 0.717) is 32.6 Å². The largest absolute Gasteiger partial charge is 0.381 e. The van der Waals surface area contributed by atoms with Gasteiger partial charge in [-0.3, -0.25) is 0 Å². The third kappa shape index (κ3) is 1.49. The first-order valence-corrected chi connectivity index (χ1v) is 6.22. The van der Waals surface area contributed by atoms with Crippen molar-refractivity contribution < 1.29 is 13.2 Å². The van der Waals surface area contributed by atoms with Crippen LogP contribution in [0.15, 0.2) is 0 Å². The molecule has 13 heavy (non-hydrogen) atoms. The molecule has 0 unspecified atom stereocenters. The maximum absolute atomic E-state index is 11.8. The van der Waals surface area contributed by atoms with Crippen molar-refractivity contribution in [3.8, 4) is 0 Å². The molecule has 0 saturated carbocycles. The molecule has 0 atom stereocenters. The predicted octanol–water partition coefficient (Wildman–Crippen LogP) is 0.249. The van der Waals surface area contributed by atoms with Crippen LogP contribution < -0.4 is 4.72 Å². The van der Waals surface area contributed by atoms with E-state index in [2.05, 4.69) is 4.72 Å². The summed E-state index contributed by atoms with van der Waals surface area (Å²) in [5.74, 6) is 0. The van der Waals surface area contributed by atoms with Gasteiger partial charge in [-0.1, -0.05) is 0 Å². The summed E-state index contributed by atoms with van der Waals surface area (Å²) in [7, 11) is -3.08. The summed E-state index contributed by atoms with van der Waals surface area (Å²) < 4.78 is 30.9. The molecule has 2 fully saturated rings. The van der Waals surface area contributed by atoms with Gasteiger partial charge in [0.15, 0.2) is 0 Å². The smallest absolute Gasteiger partial charge is 0.217 e. The fourth-order valence-corrected chi connectivity index (χ4v) is 4.00. The first-order valence-electron chi connectivity index (χ1n) is 4.73. The average Bonchev–Trinajstić information content (AvgIpc) is 2.12. The zero-order valence-corrected chi connectivity index (χ0v) is 8.40. The molecule has 2 saturated heterocycles. The van der Waals surface area contributed by atoms with Crippen molar-refractivity contribution in [1.82, 2.24) is 4.72 Å². The van der Waals surface area contributed by atoms with Crippen molar-refractivity contribution in [1.29, 1.82) is 0 Å². The van der Waals surface area contributed by atoms with Crippen molar-refractivity contribution in [3.05, 3.63) is 0 Å². The van der Waals surface area contributed by atoms with Gasteiger partial charge in [0.2, 0.25) is 10.0 Å². The molecule has 0 aromatic heterocycles. The molecule has 1 N–H and O–H groups in total. The molecular weight excluding hydrogens is 190 g/mol. The highest BCUT2D eigenvalue weighted by Crippen LogP contribution is 2.35. The van der Waals surface area contributed by atoms with Gasteiger partial charge in [0.1, 0.15) is 0 Å². The van der Waals surface area contributed by atoms with Crippen molar-refractivity contribution in [2.24, 2.45) is 0 Å². The highest BCUT2D eigenvalue weighted by molar-refractivity contribution is 7.91. The van der Waals surface area contributed by atoms with Gasteiger partial charge >= 0.3 is 0 Å². The molecule has 0 aromatic rings. The van der Waals surface area contributed by atoms with E-state index in [9.17, 15) is 8.42 Å². The van der Waals surface area contributed by atoms with Gasteiger partial charge in [-0.05, 0) is 25.7 Å². The normalized spacial score (nSPS) is 31.7. The van der Waals surface area contributed by atoms with Gasteiger partial charge in [-0.25, -0.2) is 13.1 Å². The number of sulfonamides is 1. The lowest BCUT2D eigenvalue weighted by Gasteiger charge is -2.39. The maximum Gasteiger partial charge on any atom is 0.217 e. The molecule has 0 aromatic carbocycles. The van der Waals surface area contributed by atoms with Crippen LogP contribution in [0.1, 0.15) is 25.7 Å². The van der Waals surface area contributed by atoms with E-state index in [1.165, 1.54) is 0 Å². The third-order valence-electron chi connectivity index (χ3n) is 3.08. The van der Waals surface area contributed by atoms with Crippen molar-refractivity contribution in [3.63, 3.8) is 0 Å². The molecule has 0 amide bonds. The Hall–Kier alpha value is -0.130. The molecule has 4 nitrogen and oxygen atoms in total. The van der Waals surface area contributed by atoms with E-state index in [0.717, 1.165) is 12.8 Å². The zero-order chi connectivity index (χ0) is 9.36. The monoisotopic (exact) mass is 205 g/mol. The Morgan fingerprint density at radius 1 is 1.15 bits per heavy atom. The Morgan fingerprint density at radius 2 is 1.85 bits per heavy atom. The van der Waals surface area contributed by atoms with Crippen LogP contribution in [0.3, 0.4) is 0 Å². The number of ether oxygens (including phenoxy) is 1. The summed E-state index contributed by atoms with van der Waals surface area (Å²) >= 11 is 0. The van der Waals surface area contributed by atoms with Crippen LogP contribution in [0, 0.1) is 0 Å². The van der Waals surface area contributed by atoms with Crippen molar-refractivity contribution in [2.75, 3.05) is 19.8 Å². The summed E-state index contributed by atoms with van der Waals surface area (Å²) in [6, 6.07) is 0. The Labute approximate surface area is 78.7 Å². The van der Waals surface area contributed by atoms with Gasteiger partial charge in [-0.2, -0.15) is 0 Å². The van der Waals surface area contributed by atoms with Gasteiger partial charge in [-0.15, -0.1) is 0 Å². The molecule has 2 rings (SSSR count). The van der Waals surface area contributed by atoms with Gasteiger partial charge in [0, 0.05) is 19.8 Å². The van der Waals surface area contributed by atoms with Crippen LogP contribution in [0.5, 0.6) is 0 Å². The Balaban J connectivity index is 2.26. The zero-order valence-electron chi connectivity index (χ0n) is 7.58. The first kappa shape index (κ1) is 9.43. The number of hydrogen-bond acceptors (Lipinski definition) is 3. The number of nitrogens with one attached hydrogen (secondary N) is 1. The van der Waals surface area contributed by atoms with Gasteiger partial charge < -0.3 is 4.74 Å². The van der Waals surface area contributed by atoms with Crippen molar-refractivity contribution in [2.45, 2.75) is 30.4 Å². The Kier molecular flexibility index (Phi) is 2.33. The van der Waals surface area contributed by atoms with E-state index < -0.39 is 14.8 Å². The minimum absolute atomic E-state index is 0.510. The van der Waals surface area contributed by atoms with E-state index in [1.54, 1.807) is 0 Å². The van der Waals surface area contributed by atoms with Gasteiger partial charge in [0.05, 0.1) is 4.75 Å². The van der Waals surface area contributed by atoms with E-state index >= 15 is 0 Å². The van der Waals surface area contributed by atoms with Gasteiger partial charge in [0.25, 0.3) is 0 Å². The standard InChI is InChI=1S/C8H15NO3S/c10-13(11)8(2-1-5-9-13)3-6-12-7-4-8/h9H,1-7H2. The number of hydrogen-bond donors (Lipinski definition) is 1. The minimum Gasteiger partial charge on any atom is -0.381 e. The summed E-state index contributed by atoms with van der Waals surface area (Å²) in [6.45, 7) is 1.77. The summed E-state index contributed by atoms with van der Waals surface area (Å²) in [5, 5.41) is 0. The number of rotatable bonds is 0. The molecular formula is C8H15NO3S. The molecule has 0 radical (unpaired) electrons. The SMILES string of the molecule is O=S1(=O)NCCCC12CCOCC2. The highest BCUT2D eigenvalue weighted by Gasteiger charge is 2.46. The molecule has 76 valence electrons. The lowest BCUT2D eigenvalue weighted by atomic mass is 9.93. The minimum atomic E-state index is -3.08. The second-order valence-electron chi connectivity index (χ2n) is 3.80. The van der Waals surface area contributed by atoms with Crippen LogP contribution >= 0.6 is 0 Å². The lowest BCUT2D eigenvalue weighted by molar-refractivity contribution is 0.0700. The molecule has 1 spiro atoms. The second kappa shape index (κ2) is 3.22. The topological polar surface area (TPSA) is 55.4 Å². The van der Waals surface area contributed by atoms with Crippen LogP contribution in [0.25, 0.3) is 0 Å². The van der Waals surface area contributed by atoms with Crippen LogP contribution in [-0.2, 0) is 14.8 Å². The molecule has 2 aliphatic heterocycles. The van der Waals surface area contributed by atoms with Crippen LogP contribution in [0.2, 0.25) is 0 Å². The predicted molar refractivity (Wildman–Crippen MR) is 48.9 cm³/mol. The van der Waals surface area contributed by atoms with Crippen LogP contribution in [-0.4, -0.2) is 32.9 Å². The quantitative estimate of drug-likeness (QED) is 0.616. The fraction of sp³-hybridized carbons (Fsp3) is 1.00. The molecule has 2 heterocycles. The van der Waals surface area contributed by atoms with Crippen molar-refractivity contribution >= 4 is 10.0 Å². The summed E-state index contributed by atoms with van der Waals surface area (Å²) in [6.07, 6.45) is 3.07. The average molecular weight is 205 g/mol. The first-order chi connectivity index (χ1) is 6.16. The summed E-state index contributed by atoms with van der Waals surface area (Å²) in [5.41, 5.74) is 0. The van der Waals surface area contributed by atoms with E-state index in [1.807, 2.05) is 0 Å². The maximum atomic E-state index is 11.8. The highest BCUT2D eigenvalue weighted by atomic mass is 32.2. The molecule has 0 aliphatic carbocycles. The Bertz CT molecular complexity index is 271. The third-order valence-corrected chi connectivity index (χ3v) is 5.41. The lowest BCUT2D eigenvalue weighted by Crippen LogP contribution is -2.53. The fourth-order valence-electron chi connectivity index (χ4n) is 2.17. The molecule has 0 bridgehead atoms. The van der Waals surface area contributed by atoms with E-state index in [4.69, 9.17) is 4.74 Å². The molecule has 2 aliphatic rings. The molecule has 5 heteroatoms. The van der Waals surface area contributed by atoms with Crippen LogP contribution in [0.4, 0.5) is 0 Å².